The fourth-order valence-corrected chi connectivity index (χ4v) is 3.29. The Kier molecular flexibility index (Phi) is 4.87. The third-order valence-corrected chi connectivity index (χ3v) is 4.77. The van der Waals surface area contributed by atoms with Gasteiger partial charge < -0.3 is 10.4 Å². The number of aliphatic hydroxyl groups excluding tert-OH is 1. The average molecular weight is 352 g/mol. The lowest BCUT2D eigenvalue weighted by molar-refractivity contribution is -0.122. The molecule has 0 unspecified atom stereocenters. The molecule has 1 amide bonds. The summed E-state index contributed by atoms with van der Waals surface area (Å²) in [5.41, 5.74) is 1.07. The number of halogens is 2. The van der Waals surface area contributed by atoms with Crippen molar-refractivity contribution in [1.82, 2.24) is 15.1 Å². The van der Waals surface area contributed by atoms with E-state index in [0.29, 0.717) is 12.8 Å². The molecule has 1 saturated carbocycles. The van der Waals surface area contributed by atoms with Gasteiger partial charge in [-0.2, -0.15) is 5.10 Å². The van der Waals surface area contributed by atoms with E-state index in [1.165, 1.54) is 12.1 Å². The Morgan fingerprint density at radius 3 is 2.88 bits per heavy atom. The number of aromatic nitrogens is 2. The summed E-state index contributed by atoms with van der Waals surface area (Å²) in [6.07, 6.45) is 4.34. The minimum Gasteiger partial charge on any atom is -0.393 e. The number of hydrogen-bond donors (Lipinski definition) is 2. The van der Waals surface area contributed by atoms with E-state index >= 15 is 0 Å². The minimum atomic E-state index is -0.491. The molecule has 1 heterocycles. The number of aliphatic hydroxyl groups is 1. The monoisotopic (exact) mass is 351 g/mol. The first-order chi connectivity index (χ1) is 11.4. The van der Waals surface area contributed by atoms with Gasteiger partial charge in [0.25, 0.3) is 0 Å². The Morgan fingerprint density at radius 1 is 1.54 bits per heavy atom. The van der Waals surface area contributed by atoms with Crippen LogP contribution in [-0.4, -0.2) is 26.9 Å². The zero-order chi connectivity index (χ0) is 17.3. The van der Waals surface area contributed by atoms with E-state index in [9.17, 15) is 14.3 Å². The summed E-state index contributed by atoms with van der Waals surface area (Å²) in [5.74, 6) is -0.656. The van der Waals surface area contributed by atoms with Crippen molar-refractivity contribution in [1.29, 1.82) is 0 Å². The summed E-state index contributed by atoms with van der Waals surface area (Å²) in [5, 5.41) is 16.9. The number of hydrogen-bond acceptors (Lipinski definition) is 3. The number of nitrogens with zero attached hydrogens (tertiary/aromatic N) is 2. The third-order valence-electron chi connectivity index (χ3n) is 4.42. The second-order valence-electron chi connectivity index (χ2n) is 6.25. The molecule has 1 aromatic carbocycles. The molecular formula is C17H19ClFN3O2. The standard InChI is InChI=1S/C17H19ClFN3O2/c1-22-9-11(8-20-22)17(10-5-12(23)6-10)21-16(24)7-13-14(18)3-2-4-15(13)19/h2-4,8-10,12,17,23H,5-7H2,1H3,(H,21,24)/t10?,12?,17-/m1/s1. The largest absolute Gasteiger partial charge is 0.393 e. The lowest BCUT2D eigenvalue weighted by atomic mass is 9.75. The molecule has 0 spiro atoms. The third kappa shape index (κ3) is 3.60. The van der Waals surface area contributed by atoms with Gasteiger partial charge in [0.2, 0.25) is 5.91 Å². The molecule has 128 valence electrons. The fraction of sp³-hybridized carbons (Fsp3) is 0.412. The van der Waals surface area contributed by atoms with E-state index in [1.807, 2.05) is 6.20 Å². The van der Waals surface area contributed by atoms with Crippen LogP contribution in [0.5, 0.6) is 0 Å². The van der Waals surface area contributed by atoms with Crippen LogP contribution in [0.25, 0.3) is 0 Å². The van der Waals surface area contributed by atoms with Crippen molar-refractivity contribution in [3.63, 3.8) is 0 Å². The van der Waals surface area contributed by atoms with E-state index in [2.05, 4.69) is 10.4 Å². The van der Waals surface area contributed by atoms with Gasteiger partial charge in [-0.05, 0) is 30.9 Å². The summed E-state index contributed by atoms with van der Waals surface area (Å²) in [6, 6.07) is 4.11. The average Bonchev–Trinajstić information content (AvgIpc) is 2.92. The number of rotatable bonds is 5. The molecule has 1 aliphatic rings. The van der Waals surface area contributed by atoms with Crippen LogP contribution >= 0.6 is 11.6 Å². The molecule has 1 aliphatic carbocycles. The van der Waals surface area contributed by atoms with Crippen molar-refractivity contribution in [3.8, 4) is 0 Å². The van der Waals surface area contributed by atoms with Crippen molar-refractivity contribution in [2.45, 2.75) is 31.4 Å². The van der Waals surface area contributed by atoms with Crippen LogP contribution in [0.2, 0.25) is 5.02 Å². The molecule has 1 atom stereocenters. The Morgan fingerprint density at radius 2 is 2.29 bits per heavy atom. The van der Waals surface area contributed by atoms with Gasteiger partial charge in [0, 0.05) is 29.4 Å². The maximum atomic E-state index is 13.9. The zero-order valence-corrected chi connectivity index (χ0v) is 14.0. The first-order valence-electron chi connectivity index (χ1n) is 7.83. The van der Waals surface area contributed by atoms with Gasteiger partial charge in [-0.25, -0.2) is 4.39 Å². The molecular weight excluding hydrogens is 333 g/mol. The van der Waals surface area contributed by atoms with Gasteiger partial charge >= 0.3 is 0 Å². The van der Waals surface area contributed by atoms with E-state index in [1.54, 1.807) is 24.0 Å². The van der Waals surface area contributed by atoms with Crippen molar-refractivity contribution < 1.29 is 14.3 Å². The number of aryl methyl sites for hydroxylation is 1. The first-order valence-corrected chi connectivity index (χ1v) is 8.20. The summed E-state index contributed by atoms with van der Waals surface area (Å²) in [4.78, 5) is 12.4. The van der Waals surface area contributed by atoms with Gasteiger partial charge in [0.05, 0.1) is 24.8 Å². The normalized spacial score (nSPS) is 21.2. The van der Waals surface area contributed by atoms with Gasteiger partial charge in [-0.15, -0.1) is 0 Å². The lowest BCUT2D eigenvalue weighted by Gasteiger charge is -2.37. The van der Waals surface area contributed by atoms with E-state index < -0.39 is 5.82 Å². The van der Waals surface area contributed by atoms with Crippen molar-refractivity contribution in [2.75, 3.05) is 0 Å². The molecule has 3 rings (SSSR count). The molecule has 0 radical (unpaired) electrons. The molecule has 7 heteroatoms. The first kappa shape index (κ1) is 16.9. The highest BCUT2D eigenvalue weighted by Gasteiger charge is 2.36. The molecule has 0 bridgehead atoms. The molecule has 1 aromatic heterocycles. The number of carbonyl (C=O) groups excluding carboxylic acids is 1. The second kappa shape index (κ2) is 6.91. The van der Waals surface area contributed by atoms with Crippen LogP contribution in [-0.2, 0) is 18.3 Å². The maximum Gasteiger partial charge on any atom is 0.225 e. The minimum absolute atomic E-state index is 0.127. The van der Waals surface area contributed by atoms with Crippen LogP contribution in [0.1, 0.15) is 30.0 Å². The highest BCUT2D eigenvalue weighted by atomic mass is 35.5. The Balaban J connectivity index is 1.74. The maximum absolute atomic E-state index is 13.9. The molecule has 0 saturated heterocycles. The van der Waals surface area contributed by atoms with Gasteiger partial charge in [-0.1, -0.05) is 17.7 Å². The SMILES string of the molecule is Cn1cc([C@H](NC(=O)Cc2c(F)cccc2Cl)C2CC(O)C2)cn1. The summed E-state index contributed by atoms with van der Waals surface area (Å²) in [6.45, 7) is 0. The molecule has 2 aromatic rings. The fourth-order valence-electron chi connectivity index (χ4n) is 3.06. The number of nitrogens with one attached hydrogen (secondary N) is 1. The van der Waals surface area contributed by atoms with Crippen LogP contribution in [0, 0.1) is 11.7 Å². The molecule has 2 N–H and O–H groups in total. The van der Waals surface area contributed by atoms with Crippen LogP contribution < -0.4 is 5.32 Å². The number of carbonyl (C=O) groups is 1. The van der Waals surface area contributed by atoms with Crippen LogP contribution in [0.4, 0.5) is 4.39 Å². The predicted molar refractivity (Wildman–Crippen MR) is 87.9 cm³/mol. The number of amides is 1. The number of benzene rings is 1. The topological polar surface area (TPSA) is 67.2 Å². The van der Waals surface area contributed by atoms with E-state index in [0.717, 1.165) is 5.56 Å². The Labute approximate surface area is 144 Å². The van der Waals surface area contributed by atoms with Gasteiger partial charge in [0.15, 0.2) is 0 Å². The van der Waals surface area contributed by atoms with Crippen LogP contribution in [0.15, 0.2) is 30.6 Å². The Hall–Kier alpha value is -1.92. The van der Waals surface area contributed by atoms with E-state index in [-0.39, 0.29) is 41.0 Å². The predicted octanol–water partition coefficient (Wildman–Crippen LogP) is 2.38. The smallest absolute Gasteiger partial charge is 0.225 e. The molecule has 0 aliphatic heterocycles. The molecule has 1 fully saturated rings. The van der Waals surface area contributed by atoms with Gasteiger partial charge in [-0.3, -0.25) is 9.48 Å². The van der Waals surface area contributed by atoms with Crippen LogP contribution in [0.3, 0.4) is 0 Å². The highest BCUT2D eigenvalue weighted by Crippen LogP contribution is 2.38. The molecule has 24 heavy (non-hydrogen) atoms. The summed E-state index contributed by atoms with van der Waals surface area (Å²) < 4.78 is 15.5. The second-order valence-corrected chi connectivity index (χ2v) is 6.66. The summed E-state index contributed by atoms with van der Waals surface area (Å²) >= 11 is 5.98. The zero-order valence-electron chi connectivity index (χ0n) is 13.2. The van der Waals surface area contributed by atoms with Gasteiger partial charge in [0.1, 0.15) is 5.82 Å². The summed E-state index contributed by atoms with van der Waals surface area (Å²) in [7, 11) is 1.80. The van der Waals surface area contributed by atoms with Crippen molar-refractivity contribution in [3.05, 3.63) is 52.6 Å². The highest BCUT2D eigenvalue weighted by molar-refractivity contribution is 6.31. The molecule has 5 nitrogen and oxygen atoms in total. The van der Waals surface area contributed by atoms with Crippen molar-refractivity contribution >= 4 is 17.5 Å². The van der Waals surface area contributed by atoms with Crippen molar-refractivity contribution in [2.24, 2.45) is 13.0 Å². The van der Waals surface area contributed by atoms with E-state index in [4.69, 9.17) is 11.6 Å². The lowest BCUT2D eigenvalue weighted by Crippen LogP contribution is -2.41. The quantitative estimate of drug-likeness (QED) is 0.869. The Bertz CT molecular complexity index is 723.